The maximum absolute atomic E-state index is 12.5. The zero-order valence-electron chi connectivity index (χ0n) is 17.2. The van der Waals surface area contributed by atoms with E-state index in [1.165, 1.54) is 48.5 Å². The van der Waals surface area contributed by atoms with Crippen LogP contribution < -0.4 is 10.0 Å². The largest absolute Gasteiger partial charge is 0.403 e. The van der Waals surface area contributed by atoms with Crippen molar-refractivity contribution >= 4 is 51.0 Å². The maximum Gasteiger partial charge on any atom is 0.322 e. The van der Waals surface area contributed by atoms with Gasteiger partial charge < -0.3 is 4.42 Å². The van der Waals surface area contributed by atoms with Crippen molar-refractivity contribution < 1.29 is 17.6 Å². The van der Waals surface area contributed by atoms with E-state index in [9.17, 15) is 13.2 Å². The molecular formula is C22H17ClN4O4S2. The SMILES string of the molecule is CSc1ccc(-c2nnc(NC(=O)c3ccc(NS(=O)(=O)c4ccc(Cl)cc4)cc3)o2)cc1. The van der Waals surface area contributed by atoms with Crippen molar-refractivity contribution in [2.75, 3.05) is 16.3 Å². The van der Waals surface area contributed by atoms with Crippen molar-refractivity contribution in [3.63, 3.8) is 0 Å². The molecule has 4 rings (SSSR count). The Morgan fingerprint density at radius 3 is 2.24 bits per heavy atom. The van der Waals surface area contributed by atoms with Crippen LogP contribution in [0.5, 0.6) is 0 Å². The summed E-state index contributed by atoms with van der Waals surface area (Å²) in [5, 5.41) is 10.8. The number of nitrogens with one attached hydrogen (secondary N) is 2. The highest BCUT2D eigenvalue weighted by Crippen LogP contribution is 2.24. The molecule has 8 nitrogen and oxygen atoms in total. The standard InChI is InChI=1S/C22H17ClN4O4S2/c1-32-18-10-4-15(5-11-18)21-25-26-22(31-21)24-20(28)14-2-8-17(9-3-14)27-33(29,30)19-12-6-16(23)7-13-19/h2-13,27H,1H3,(H,24,26,28). The summed E-state index contributed by atoms with van der Waals surface area (Å²) in [6.45, 7) is 0. The number of hydrogen-bond acceptors (Lipinski definition) is 7. The topological polar surface area (TPSA) is 114 Å². The van der Waals surface area contributed by atoms with Gasteiger partial charge in [-0.15, -0.1) is 16.9 Å². The Labute approximate surface area is 199 Å². The lowest BCUT2D eigenvalue weighted by Crippen LogP contribution is -2.14. The predicted molar refractivity (Wildman–Crippen MR) is 128 cm³/mol. The van der Waals surface area contributed by atoms with Gasteiger partial charge in [-0.2, -0.15) is 0 Å². The Balaban J connectivity index is 1.41. The van der Waals surface area contributed by atoms with Crippen LogP contribution in [0.15, 0.2) is 87.0 Å². The van der Waals surface area contributed by atoms with E-state index in [-0.39, 0.29) is 22.4 Å². The second kappa shape index (κ2) is 9.65. The molecule has 168 valence electrons. The molecular weight excluding hydrogens is 484 g/mol. The molecule has 0 spiro atoms. The third kappa shape index (κ3) is 5.54. The lowest BCUT2D eigenvalue weighted by molar-refractivity contribution is 0.102. The summed E-state index contributed by atoms with van der Waals surface area (Å²) in [4.78, 5) is 13.7. The summed E-state index contributed by atoms with van der Waals surface area (Å²) in [6.07, 6.45) is 1.98. The minimum atomic E-state index is -3.78. The Hall–Kier alpha value is -3.34. The number of anilines is 2. The molecule has 1 aromatic heterocycles. The van der Waals surface area contributed by atoms with Gasteiger partial charge in [0, 0.05) is 26.7 Å². The number of halogens is 1. The van der Waals surface area contributed by atoms with Crippen molar-refractivity contribution in [1.29, 1.82) is 0 Å². The van der Waals surface area contributed by atoms with E-state index in [1.54, 1.807) is 11.8 Å². The van der Waals surface area contributed by atoms with E-state index < -0.39 is 15.9 Å². The summed E-state index contributed by atoms with van der Waals surface area (Å²) in [7, 11) is -3.78. The number of aromatic nitrogens is 2. The van der Waals surface area contributed by atoms with Crippen molar-refractivity contribution in [2.45, 2.75) is 9.79 Å². The van der Waals surface area contributed by atoms with Crippen LogP contribution in [-0.2, 0) is 10.0 Å². The third-order valence-corrected chi connectivity index (χ3v) is 6.90. The van der Waals surface area contributed by atoms with Crippen LogP contribution in [0.1, 0.15) is 10.4 Å². The second-order valence-corrected chi connectivity index (χ2v) is 9.73. The minimum absolute atomic E-state index is 0.0449. The highest BCUT2D eigenvalue weighted by atomic mass is 35.5. The highest BCUT2D eigenvalue weighted by molar-refractivity contribution is 7.98. The molecule has 0 bridgehead atoms. The first-order valence-electron chi connectivity index (χ1n) is 9.52. The zero-order chi connectivity index (χ0) is 23.4. The number of carbonyl (C=O) groups is 1. The van der Waals surface area contributed by atoms with E-state index in [1.807, 2.05) is 30.5 Å². The molecule has 0 fully saturated rings. The Morgan fingerprint density at radius 2 is 1.61 bits per heavy atom. The zero-order valence-corrected chi connectivity index (χ0v) is 19.5. The molecule has 0 saturated carbocycles. The van der Waals surface area contributed by atoms with E-state index in [2.05, 4.69) is 20.2 Å². The average molecular weight is 501 g/mol. The Morgan fingerprint density at radius 1 is 0.939 bits per heavy atom. The molecule has 0 saturated heterocycles. The van der Waals surface area contributed by atoms with E-state index in [0.29, 0.717) is 10.7 Å². The van der Waals surface area contributed by atoms with Crippen LogP contribution in [-0.4, -0.2) is 30.8 Å². The first-order valence-corrected chi connectivity index (χ1v) is 12.6. The first-order chi connectivity index (χ1) is 15.8. The third-order valence-electron chi connectivity index (χ3n) is 4.51. The van der Waals surface area contributed by atoms with Crippen molar-refractivity contribution in [3.8, 4) is 11.5 Å². The van der Waals surface area contributed by atoms with Crippen LogP contribution in [0.4, 0.5) is 11.7 Å². The molecule has 4 aromatic rings. The molecule has 0 atom stereocenters. The van der Waals surface area contributed by atoms with Crippen molar-refractivity contribution in [3.05, 3.63) is 83.4 Å². The fourth-order valence-electron chi connectivity index (χ4n) is 2.81. The van der Waals surface area contributed by atoms with Gasteiger partial charge in [0.1, 0.15) is 0 Å². The van der Waals surface area contributed by atoms with Gasteiger partial charge in [0.05, 0.1) is 4.90 Å². The summed E-state index contributed by atoms with van der Waals surface area (Å²) >= 11 is 7.42. The minimum Gasteiger partial charge on any atom is -0.403 e. The summed E-state index contributed by atoms with van der Waals surface area (Å²) < 4.78 is 32.9. The van der Waals surface area contributed by atoms with Gasteiger partial charge in [0.25, 0.3) is 15.9 Å². The van der Waals surface area contributed by atoms with Gasteiger partial charge in [-0.1, -0.05) is 16.7 Å². The average Bonchev–Trinajstić information content (AvgIpc) is 3.28. The highest BCUT2D eigenvalue weighted by Gasteiger charge is 2.16. The molecule has 33 heavy (non-hydrogen) atoms. The number of benzene rings is 3. The van der Waals surface area contributed by atoms with E-state index >= 15 is 0 Å². The Kier molecular flexibility index (Phi) is 6.68. The number of carbonyl (C=O) groups excluding carboxylic acids is 1. The van der Waals surface area contributed by atoms with Crippen molar-refractivity contribution in [2.24, 2.45) is 0 Å². The van der Waals surface area contributed by atoms with Crippen LogP contribution >= 0.6 is 23.4 Å². The molecule has 0 unspecified atom stereocenters. The van der Waals surface area contributed by atoms with E-state index in [4.69, 9.17) is 16.0 Å². The lowest BCUT2D eigenvalue weighted by atomic mass is 10.2. The van der Waals surface area contributed by atoms with Gasteiger partial charge in [0.15, 0.2) is 0 Å². The Bertz CT molecular complexity index is 1370. The fourth-order valence-corrected chi connectivity index (χ4v) is 4.40. The monoisotopic (exact) mass is 500 g/mol. The molecule has 0 radical (unpaired) electrons. The van der Waals surface area contributed by atoms with Gasteiger partial charge in [0.2, 0.25) is 5.89 Å². The number of nitrogens with zero attached hydrogens (tertiary/aromatic N) is 2. The number of amides is 1. The van der Waals surface area contributed by atoms with Gasteiger partial charge in [-0.3, -0.25) is 14.8 Å². The smallest absolute Gasteiger partial charge is 0.322 e. The normalized spacial score (nSPS) is 11.2. The molecule has 2 N–H and O–H groups in total. The number of hydrogen-bond donors (Lipinski definition) is 2. The van der Waals surface area contributed by atoms with Crippen LogP contribution in [0.2, 0.25) is 5.02 Å². The van der Waals surface area contributed by atoms with Crippen LogP contribution in [0.3, 0.4) is 0 Å². The molecule has 11 heteroatoms. The maximum atomic E-state index is 12.5. The molecule has 1 amide bonds. The first kappa shape index (κ1) is 22.8. The van der Waals surface area contributed by atoms with Crippen molar-refractivity contribution in [1.82, 2.24) is 10.2 Å². The predicted octanol–water partition coefficient (Wildman–Crippen LogP) is 5.17. The molecule has 0 aliphatic carbocycles. The molecule has 3 aromatic carbocycles. The quantitative estimate of drug-likeness (QED) is 0.336. The van der Waals surface area contributed by atoms with Crippen LogP contribution in [0, 0.1) is 0 Å². The van der Waals surface area contributed by atoms with Gasteiger partial charge in [-0.05, 0) is 79.1 Å². The van der Waals surface area contributed by atoms with Gasteiger partial charge >= 0.3 is 6.01 Å². The molecule has 0 aliphatic rings. The molecule has 0 aliphatic heterocycles. The van der Waals surface area contributed by atoms with E-state index in [0.717, 1.165) is 10.5 Å². The second-order valence-electron chi connectivity index (χ2n) is 6.73. The summed E-state index contributed by atoms with van der Waals surface area (Å²) in [5.74, 6) is -0.194. The van der Waals surface area contributed by atoms with Crippen LogP contribution in [0.25, 0.3) is 11.5 Å². The van der Waals surface area contributed by atoms with Gasteiger partial charge in [-0.25, -0.2) is 8.42 Å². The fraction of sp³-hybridized carbons (Fsp3) is 0.0455. The number of sulfonamides is 1. The molecule has 1 heterocycles. The lowest BCUT2D eigenvalue weighted by Gasteiger charge is -2.09. The summed E-state index contributed by atoms with van der Waals surface area (Å²) in [5.41, 5.74) is 1.32. The number of rotatable bonds is 7. The number of thioether (sulfide) groups is 1. The summed E-state index contributed by atoms with van der Waals surface area (Å²) in [6, 6.07) is 19.3.